The Morgan fingerprint density at radius 2 is 1.85 bits per heavy atom. The van der Waals surface area contributed by atoms with E-state index < -0.39 is 0 Å². The lowest BCUT2D eigenvalue weighted by atomic mass is 9.99. The van der Waals surface area contributed by atoms with Crippen molar-refractivity contribution in [1.29, 1.82) is 0 Å². The Hall–Kier alpha value is -0.0300. The SMILES string of the molecule is Cl.Cl.O=C(CNCC1CC1)N1CCN2CCCCC2C1. The van der Waals surface area contributed by atoms with E-state index in [1.54, 1.807) is 0 Å². The van der Waals surface area contributed by atoms with Crippen molar-refractivity contribution in [2.24, 2.45) is 5.92 Å². The van der Waals surface area contributed by atoms with E-state index in [4.69, 9.17) is 0 Å². The van der Waals surface area contributed by atoms with Gasteiger partial charge in [0, 0.05) is 25.7 Å². The number of hydrogen-bond donors (Lipinski definition) is 1. The molecule has 2 aliphatic heterocycles. The van der Waals surface area contributed by atoms with Crippen LogP contribution in [-0.4, -0.2) is 61.0 Å². The van der Waals surface area contributed by atoms with Crippen molar-refractivity contribution in [3.05, 3.63) is 0 Å². The zero-order chi connectivity index (χ0) is 12.4. The molecule has 1 unspecified atom stereocenters. The lowest BCUT2D eigenvalue weighted by Crippen LogP contribution is -2.57. The van der Waals surface area contributed by atoms with E-state index >= 15 is 0 Å². The van der Waals surface area contributed by atoms with Crippen molar-refractivity contribution in [2.75, 3.05) is 39.3 Å². The highest BCUT2D eigenvalue weighted by Gasteiger charge is 2.30. The lowest BCUT2D eigenvalue weighted by molar-refractivity contribution is -0.133. The topological polar surface area (TPSA) is 35.6 Å². The van der Waals surface area contributed by atoms with Gasteiger partial charge in [0.1, 0.15) is 0 Å². The number of nitrogens with one attached hydrogen (secondary N) is 1. The molecule has 20 heavy (non-hydrogen) atoms. The zero-order valence-corrected chi connectivity index (χ0v) is 13.7. The third-order valence-corrected chi connectivity index (χ3v) is 4.60. The average molecular weight is 324 g/mol. The van der Waals surface area contributed by atoms with Crippen molar-refractivity contribution >= 4 is 30.7 Å². The number of amides is 1. The Morgan fingerprint density at radius 3 is 2.60 bits per heavy atom. The van der Waals surface area contributed by atoms with E-state index in [0.717, 1.165) is 32.1 Å². The summed E-state index contributed by atoms with van der Waals surface area (Å²) in [6, 6.07) is 0.639. The van der Waals surface area contributed by atoms with E-state index in [9.17, 15) is 4.79 Å². The Morgan fingerprint density at radius 1 is 1.05 bits per heavy atom. The van der Waals surface area contributed by atoms with Crippen LogP contribution >= 0.6 is 24.8 Å². The summed E-state index contributed by atoms with van der Waals surface area (Å²) >= 11 is 0. The average Bonchev–Trinajstić information content (AvgIpc) is 3.22. The molecule has 1 saturated carbocycles. The predicted molar refractivity (Wildman–Crippen MR) is 85.9 cm³/mol. The van der Waals surface area contributed by atoms with Crippen LogP contribution in [0, 0.1) is 5.92 Å². The van der Waals surface area contributed by atoms with E-state index in [2.05, 4.69) is 15.1 Å². The zero-order valence-electron chi connectivity index (χ0n) is 12.1. The van der Waals surface area contributed by atoms with Gasteiger partial charge in [-0.25, -0.2) is 0 Å². The Kier molecular flexibility index (Phi) is 7.59. The summed E-state index contributed by atoms with van der Waals surface area (Å²) in [7, 11) is 0. The van der Waals surface area contributed by atoms with Crippen LogP contribution in [-0.2, 0) is 4.79 Å². The highest BCUT2D eigenvalue weighted by Crippen LogP contribution is 2.27. The van der Waals surface area contributed by atoms with Crippen molar-refractivity contribution in [3.63, 3.8) is 0 Å². The molecule has 0 aromatic carbocycles. The second-order valence-electron chi connectivity index (χ2n) is 6.10. The molecule has 0 aromatic heterocycles. The normalized spacial score (nSPS) is 26.2. The minimum Gasteiger partial charge on any atom is -0.339 e. The fraction of sp³-hybridized carbons (Fsp3) is 0.929. The Labute approximate surface area is 134 Å². The maximum absolute atomic E-state index is 12.1. The second-order valence-corrected chi connectivity index (χ2v) is 6.10. The second kappa shape index (κ2) is 8.42. The van der Waals surface area contributed by atoms with Crippen LogP contribution in [0.5, 0.6) is 0 Å². The summed E-state index contributed by atoms with van der Waals surface area (Å²) in [5.41, 5.74) is 0. The lowest BCUT2D eigenvalue weighted by Gasteiger charge is -2.44. The summed E-state index contributed by atoms with van der Waals surface area (Å²) in [5.74, 6) is 1.16. The standard InChI is InChI=1S/C14H25N3O.2ClH/c18-14(10-15-9-12-4-5-12)17-8-7-16-6-2-1-3-13(16)11-17;;/h12-13,15H,1-11H2;2*1H. The van der Waals surface area contributed by atoms with Crippen LogP contribution in [0.1, 0.15) is 32.1 Å². The van der Waals surface area contributed by atoms with Gasteiger partial charge in [-0.15, -0.1) is 24.8 Å². The maximum atomic E-state index is 12.1. The van der Waals surface area contributed by atoms with Crippen LogP contribution < -0.4 is 5.32 Å². The van der Waals surface area contributed by atoms with E-state index in [1.807, 2.05) is 0 Å². The molecule has 0 spiro atoms. The molecule has 118 valence electrons. The van der Waals surface area contributed by atoms with Crippen LogP contribution in [0.3, 0.4) is 0 Å². The summed E-state index contributed by atoms with van der Waals surface area (Å²) in [4.78, 5) is 16.8. The molecule has 0 aromatic rings. The minimum atomic E-state index is 0. The quantitative estimate of drug-likeness (QED) is 0.852. The molecule has 3 fully saturated rings. The third kappa shape index (κ3) is 4.76. The minimum absolute atomic E-state index is 0. The number of carbonyl (C=O) groups excluding carboxylic acids is 1. The number of piperidine rings is 1. The highest BCUT2D eigenvalue weighted by molar-refractivity contribution is 5.85. The first-order valence-corrected chi connectivity index (χ1v) is 7.55. The molecule has 1 aliphatic carbocycles. The number of piperazine rings is 1. The molecular weight excluding hydrogens is 297 g/mol. The van der Waals surface area contributed by atoms with E-state index in [1.165, 1.54) is 38.6 Å². The van der Waals surface area contributed by atoms with Gasteiger partial charge in [-0.3, -0.25) is 9.69 Å². The van der Waals surface area contributed by atoms with Gasteiger partial charge in [-0.05, 0) is 44.7 Å². The Bertz CT molecular complexity index is 313. The van der Waals surface area contributed by atoms with Gasteiger partial charge >= 0.3 is 0 Å². The van der Waals surface area contributed by atoms with Gasteiger partial charge in [-0.1, -0.05) is 6.42 Å². The molecule has 0 bridgehead atoms. The molecule has 3 aliphatic rings. The largest absolute Gasteiger partial charge is 0.339 e. The molecule has 1 amide bonds. The molecule has 0 radical (unpaired) electrons. The van der Waals surface area contributed by atoms with Gasteiger partial charge in [0.05, 0.1) is 6.54 Å². The van der Waals surface area contributed by atoms with Crippen LogP contribution in [0.2, 0.25) is 0 Å². The van der Waals surface area contributed by atoms with Crippen LogP contribution in [0.4, 0.5) is 0 Å². The van der Waals surface area contributed by atoms with Crippen molar-refractivity contribution in [3.8, 4) is 0 Å². The number of nitrogens with zero attached hydrogens (tertiary/aromatic N) is 2. The molecule has 4 nitrogen and oxygen atoms in total. The van der Waals surface area contributed by atoms with Gasteiger partial charge in [0.25, 0.3) is 0 Å². The summed E-state index contributed by atoms with van der Waals surface area (Å²) < 4.78 is 0. The maximum Gasteiger partial charge on any atom is 0.236 e. The summed E-state index contributed by atoms with van der Waals surface area (Å²) in [5, 5.41) is 3.31. The number of carbonyl (C=O) groups is 1. The van der Waals surface area contributed by atoms with E-state index in [-0.39, 0.29) is 24.8 Å². The smallest absolute Gasteiger partial charge is 0.236 e. The number of rotatable bonds is 4. The van der Waals surface area contributed by atoms with Gasteiger partial charge < -0.3 is 10.2 Å². The van der Waals surface area contributed by atoms with Gasteiger partial charge in [0.2, 0.25) is 5.91 Å². The number of hydrogen-bond acceptors (Lipinski definition) is 3. The van der Waals surface area contributed by atoms with Crippen molar-refractivity contribution in [2.45, 2.75) is 38.1 Å². The van der Waals surface area contributed by atoms with Crippen LogP contribution in [0.25, 0.3) is 0 Å². The first-order chi connectivity index (χ1) is 8.83. The predicted octanol–water partition coefficient (Wildman–Crippen LogP) is 1.53. The molecule has 1 N–H and O–H groups in total. The van der Waals surface area contributed by atoms with Crippen molar-refractivity contribution in [1.82, 2.24) is 15.1 Å². The fourth-order valence-electron chi connectivity index (χ4n) is 3.20. The monoisotopic (exact) mass is 323 g/mol. The molecule has 2 heterocycles. The summed E-state index contributed by atoms with van der Waals surface area (Å²) in [6.07, 6.45) is 6.65. The fourth-order valence-corrected chi connectivity index (χ4v) is 3.20. The first-order valence-electron chi connectivity index (χ1n) is 7.55. The molecule has 1 atom stereocenters. The third-order valence-electron chi connectivity index (χ3n) is 4.60. The molecule has 3 rings (SSSR count). The van der Waals surface area contributed by atoms with Gasteiger partial charge in [-0.2, -0.15) is 0 Å². The Balaban J connectivity index is 0.000001000. The summed E-state index contributed by atoms with van der Waals surface area (Å²) in [6.45, 7) is 5.80. The van der Waals surface area contributed by atoms with Crippen molar-refractivity contribution < 1.29 is 4.79 Å². The molecular formula is C14H27Cl2N3O. The molecule has 2 saturated heterocycles. The number of halogens is 2. The van der Waals surface area contributed by atoms with Gasteiger partial charge in [0.15, 0.2) is 0 Å². The first kappa shape index (κ1) is 18.0. The highest BCUT2D eigenvalue weighted by atomic mass is 35.5. The van der Waals surface area contributed by atoms with E-state index in [0.29, 0.717) is 18.5 Å². The number of fused-ring (bicyclic) bond motifs is 1. The molecule has 6 heteroatoms. The van der Waals surface area contributed by atoms with Crippen LogP contribution in [0.15, 0.2) is 0 Å².